The van der Waals surface area contributed by atoms with Crippen LogP contribution in [-0.4, -0.2) is 22.2 Å². The number of nitrogens with zero attached hydrogens (tertiary/aromatic N) is 2. The fourth-order valence-corrected chi connectivity index (χ4v) is 1.42. The Hall–Kier alpha value is -1.94. The van der Waals surface area contributed by atoms with E-state index in [1.165, 1.54) is 6.33 Å². The van der Waals surface area contributed by atoms with Crippen LogP contribution in [-0.2, 0) is 0 Å². The Balaban J connectivity index is 2.24. The number of benzene rings is 1. The topological polar surface area (TPSA) is 55.2 Å². The molecule has 0 aliphatic rings. The average Bonchev–Trinajstić information content (AvgIpc) is 2.39. The van der Waals surface area contributed by atoms with Gasteiger partial charge in [-0.05, 0) is 23.8 Å². The maximum Gasteiger partial charge on any atom is 0.121 e. The van der Waals surface area contributed by atoms with Crippen LogP contribution in [0.3, 0.4) is 0 Å². The standard InChI is InChI=1S/C12H12N2O2/c1-16-10-4-2-9(3-5-10)12(15)11-6-7-13-8-14-11/h2-8,12,15H,1H3. The maximum absolute atomic E-state index is 10.0. The minimum atomic E-state index is -0.728. The summed E-state index contributed by atoms with van der Waals surface area (Å²) in [6.45, 7) is 0. The van der Waals surface area contributed by atoms with Crippen molar-refractivity contribution < 1.29 is 9.84 Å². The van der Waals surface area contributed by atoms with Gasteiger partial charge in [-0.25, -0.2) is 9.97 Å². The van der Waals surface area contributed by atoms with Crippen molar-refractivity contribution in [3.05, 3.63) is 54.1 Å². The molecule has 1 atom stereocenters. The number of aromatic nitrogens is 2. The van der Waals surface area contributed by atoms with Crippen LogP contribution in [0.5, 0.6) is 5.75 Å². The van der Waals surface area contributed by atoms with E-state index in [9.17, 15) is 5.11 Å². The van der Waals surface area contributed by atoms with Crippen LogP contribution in [0.25, 0.3) is 0 Å². The predicted octanol–water partition coefficient (Wildman–Crippen LogP) is 1.57. The van der Waals surface area contributed by atoms with E-state index < -0.39 is 6.10 Å². The third-order valence-corrected chi connectivity index (χ3v) is 2.32. The van der Waals surface area contributed by atoms with E-state index in [4.69, 9.17) is 4.74 Å². The number of aliphatic hydroxyl groups excluding tert-OH is 1. The Kier molecular flexibility index (Phi) is 3.12. The van der Waals surface area contributed by atoms with Crippen LogP contribution in [0.2, 0.25) is 0 Å². The highest BCUT2D eigenvalue weighted by Gasteiger charge is 2.10. The number of rotatable bonds is 3. The first kappa shape index (κ1) is 10.6. The molecular weight excluding hydrogens is 204 g/mol. The summed E-state index contributed by atoms with van der Waals surface area (Å²) in [6, 6.07) is 8.92. The lowest BCUT2D eigenvalue weighted by atomic mass is 10.1. The molecule has 0 radical (unpaired) electrons. The van der Waals surface area contributed by atoms with Gasteiger partial charge in [0.25, 0.3) is 0 Å². The molecule has 2 rings (SSSR count). The summed E-state index contributed by atoms with van der Waals surface area (Å²) in [6.07, 6.45) is 2.30. The quantitative estimate of drug-likeness (QED) is 0.846. The highest BCUT2D eigenvalue weighted by atomic mass is 16.5. The van der Waals surface area contributed by atoms with Gasteiger partial charge in [0.2, 0.25) is 0 Å². The molecule has 82 valence electrons. The molecule has 0 fully saturated rings. The van der Waals surface area contributed by atoms with Crippen molar-refractivity contribution in [2.75, 3.05) is 7.11 Å². The lowest BCUT2D eigenvalue weighted by molar-refractivity contribution is 0.215. The number of ether oxygens (including phenoxy) is 1. The molecule has 1 aromatic heterocycles. The zero-order valence-corrected chi connectivity index (χ0v) is 8.87. The summed E-state index contributed by atoms with van der Waals surface area (Å²) in [4.78, 5) is 7.81. The summed E-state index contributed by atoms with van der Waals surface area (Å²) in [7, 11) is 1.61. The predicted molar refractivity (Wildman–Crippen MR) is 59.1 cm³/mol. The van der Waals surface area contributed by atoms with Crippen LogP contribution >= 0.6 is 0 Å². The minimum Gasteiger partial charge on any atom is -0.497 e. The van der Waals surface area contributed by atoms with Gasteiger partial charge < -0.3 is 9.84 Å². The molecule has 4 heteroatoms. The Morgan fingerprint density at radius 1 is 1.19 bits per heavy atom. The summed E-state index contributed by atoms with van der Waals surface area (Å²) >= 11 is 0. The Bertz CT molecular complexity index is 442. The monoisotopic (exact) mass is 216 g/mol. The van der Waals surface area contributed by atoms with Crippen LogP contribution < -0.4 is 4.74 Å². The average molecular weight is 216 g/mol. The van der Waals surface area contributed by atoms with Gasteiger partial charge in [-0.1, -0.05) is 12.1 Å². The summed E-state index contributed by atoms with van der Waals surface area (Å²) < 4.78 is 5.05. The molecule has 0 aliphatic heterocycles. The first-order chi connectivity index (χ1) is 7.81. The third kappa shape index (κ3) is 2.17. The minimum absolute atomic E-state index is 0.583. The SMILES string of the molecule is COc1ccc(C(O)c2ccncn2)cc1. The molecule has 0 bridgehead atoms. The van der Waals surface area contributed by atoms with Gasteiger partial charge in [-0.15, -0.1) is 0 Å². The molecule has 1 N–H and O–H groups in total. The molecule has 0 amide bonds. The smallest absolute Gasteiger partial charge is 0.121 e. The second-order valence-corrected chi connectivity index (χ2v) is 3.31. The molecule has 1 heterocycles. The van der Waals surface area contributed by atoms with E-state index in [2.05, 4.69) is 9.97 Å². The van der Waals surface area contributed by atoms with Crippen LogP contribution in [0, 0.1) is 0 Å². The van der Waals surface area contributed by atoms with E-state index in [1.807, 2.05) is 12.1 Å². The van der Waals surface area contributed by atoms with Gasteiger partial charge in [-0.2, -0.15) is 0 Å². The van der Waals surface area contributed by atoms with Crippen molar-refractivity contribution in [3.8, 4) is 5.75 Å². The normalized spacial score (nSPS) is 12.1. The van der Waals surface area contributed by atoms with Crippen molar-refractivity contribution in [3.63, 3.8) is 0 Å². The van der Waals surface area contributed by atoms with E-state index >= 15 is 0 Å². The molecule has 0 saturated heterocycles. The van der Waals surface area contributed by atoms with E-state index in [1.54, 1.807) is 31.5 Å². The summed E-state index contributed by atoms with van der Waals surface area (Å²) in [5.74, 6) is 0.763. The Morgan fingerprint density at radius 3 is 2.50 bits per heavy atom. The molecule has 0 aliphatic carbocycles. The van der Waals surface area contributed by atoms with Crippen molar-refractivity contribution in [1.29, 1.82) is 0 Å². The first-order valence-electron chi connectivity index (χ1n) is 4.89. The fraction of sp³-hybridized carbons (Fsp3) is 0.167. The molecule has 0 spiro atoms. The van der Waals surface area contributed by atoms with Crippen LogP contribution in [0.15, 0.2) is 42.9 Å². The lowest BCUT2D eigenvalue weighted by Gasteiger charge is -2.10. The van der Waals surface area contributed by atoms with Crippen molar-refractivity contribution in [2.24, 2.45) is 0 Å². The zero-order chi connectivity index (χ0) is 11.4. The van der Waals surface area contributed by atoms with Crippen LogP contribution in [0.1, 0.15) is 17.4 Å². The highest BCUT2D eigenvalue weighted by Crippen LogP contribution is 2.21. The lowest BCUT2D eigenvalue weighted by Crippen LogP contribution is -2.02. The summed E-state index contributed by atoms with van der Waals surface area (Å²) in [5, 5.41) is 10.0. The van der Waals surface area contributed by atoms with Gasteiger partial charge in [0, 0.05) is 6.20 Å². The largest absolute Gasteiger partial charge is 0.497 e. The zero-order valence-electron chi connectivity index (χ0n) is 8.87. The number of methoxy groups -OCH3 is 1. The second kappa shape index (κ2) is 4.72. The molecule has 16 heavy (non-hydrogen) atoms. The summed E-state index contributed by atoms with van der Waals surface area (Å²) in [5.41, 5.74) is 1.36. The fourth-order valence-electron chi connectivity index (χ4n) is 1.42. The number of hydrogen-bond acceptors (Lipinski definition) is 4. The van der Waals surface area contributed by atoms with E-state index in [0.717, 1.165) is 11.3 Å². The van der Waals surface area contributed by atoms with Gasteiger partial charge in [0.05, 0.1) is 12.8 Å². The molecule has 4 nitrogen and oxygen atoms in total. The third-order valence-electron chi connectivity index (χ3n) is 2.32. The van der Waals surface area contributed by atoms with E-state index in [0.29, 0.717) is 5.69 Å². The molecule has 0 saturated carbocycles. The van der Waals surface area contributed by atoms with Crippen molar-refractivity contribution >= 4 is 0 Å². The molecule has 1 unspecified atom stereocenters. The second-order valence-electron chi connectivity index (χ2n) is 3.31. The number of hydrogen-bond donors (Lipinski definition) is 1. The maximum atomic E-state index is 10.0. The highest BCUT2D eigenvalue weighted by molar-refractivity contribution is 5.31. The van der Waals surface area contributed by atoms with Gasteiger partial charge in [0.15, 0.2) is 0 Å². The van der Waals surface area contributed by atoms with Crippen molar-refractivity contribution in [2.45, 2.75) is 6.10 Å². The Morgan fingerprint density at radius 2 is 1.94 bits per heavy atom. The molecule has 2 aromatic rings. The van der Waals surface area contributed by atoms with Gasteiger partial charge in [-0.3, -0.25) is 0 Å². The van der Waals surface area contributed by atoms with Crippen molar-refractivity contribution in [1.82, 2.24) is 9.97 Å². The Labute approximate surface area is 93.6 Å². The van der Waals surface area contributed by atoms with E-state index in [-0.39, 0.29) is 0 Å². The molecular formula is C12H12N2O2. The van der Waals surface area contributed by atoms with Gasteiger partial charge >= 0.3 is 0 Å². The van der Waals surface area contributed by atoms with Crippen LogP contribution in [0.4, 0.5) is 0 Å². The first-order valence-corrected chi connectivity index (χ1v) is 4.89. The molecule has 1 aromatic carbocycles. The number of aliphatic hydroxyl groups is 1. The van der Waals surface area contributed by atoms with Gasteiger partial charge in [0.1, 0.15) is 18.2 Å².